The summed E-state index contributed by atoms with van der Waals surface area (Å²) in [6.07, 6.45) is 5.87. The van der Waals surface area contributed by atoms with Gasteiger partial charge in [-0.05, 0) is 37.8 Å². The van der Waals surface area contributed by atoms with E-state index in [1.807, 2.05) is 6.07 Å². The Morgan fingerprint density at radius 3 is 2.89 bits per heavy atom. The van der Waals surface area contributed by atoms with Crippen molar-refractivity contribution >= 4 is 11.7 Å². The number of anilines is 1. The molecular formula is C14H21N3O2. The van der Waals surface area contributed by atoms with Gasteiger partial charge in [-0.2, -0.15) is 0 Å². The fourth-order valence-electron chi connectivity index (χ4n) is 2.31. The summed E-state index contributed by atoms with van der Waals surface area (Å²) in [5.74, 6) is 0.672. The van der Waals surface area contributed by atoms with E-state index >= 15 is 0 Å². The Morgan fingerprint density at radius 1 is 1.37 bits per heavy atom. The van der Waals surface area contributed by atoms with E-state index in [2.05, 4.69) is 15.2 Å². The van der Waals surface area contributed by atoms with Crippen molar-refractivity contribution in [3.05, 3.63) is 23.9 Å². The van der Waals surface area contributed by atoms with Gasteiger partial charge in [0.2, 0.25) is 0 Å². The van der Waals surface area contributed by atoms with Gasteiger partial charge in [0.05, 0.1) is 5.56 Å². The van der Waals surface area contributed by atoms with Crippen LogP contribution in [0, 0.1) is 0 Å². The van der Waals surface area contributed by atoms with Crippen LogP contribution < -0.4 is 10.2 Å². The van der Waals surface area contributed by atoms with Crippen LogP contribution in [0.5, 0.6) is 0 Å². The van der Waals surface area contributed by atoms with Gasteiger partial charge in [-0.25, -0.2) is 4.98 Å². The van der Waals surface area contributed by atoms with Gasteiger partial charge in [-0.15, -0.1) is 0 Å². The van der Waals surface area contributed by atoms with Crippen LogP contribution in [0.1, 0.15) is 36.0 Å². The summed E-state index contributed by atoms with van der Waals surface area (Å²) in [6.45, 7) is 2.51. The molecule has 1 aromatic rings. The van der Waals surface area contributed by atoms with Crippen molar-refractivity contribution in [3.63, 3.8) is 0 Å². The maximum atomic E-state index is 12.1. The average Bonchev–Trinajstić information content (AvgIpc) is 2.48. The molecule has 1 fully saturated rings. The molecule has 0 bridgehead atoms. The lowest BCUT2D eigenvalue weighted by molar-refractivity contribution is 0.0951. The molecule has 1 aliphatic heterocycles. The molecule has 5 nitrogen and oxygen atoms in total. The number of rotatable bonds is 5. The molecule has 1 aliphatic rings. The molecule has 5 heteroatoms. The second-order valence-electron chi connectivity index (χ2n) is 4.76. The van der Waals surface area contributed by atoms with Gasteiger partial charge in [-0.3, -0.25) is 4.79 Å². The summed E-state index contributed by atoms with van der Waals surface area (Å²) in [6, 6.07) is 3.60. The third kappa shape index (κ3) is 3.67. The SMILES string of the molecule is O=C(NCCCO)c1cccnc1N1CCCCC1. The molecule has 0 aromatic carbocycles. The van der Waals surface area contributed by atoms with Crippen LogP contribution in [0.4, 0.5) is 5.82 Å². The largest absolute Gasteiger partial charge is 0.396 e. The predicted octanol–water partition coefficient (Wildman–Crippen LogP) is 1.18. The average molecular weight is 263 g/mol. The number of nitrogens with zero attached hydrogens (tertiary/aromatic N) is 2. The topological polar surface area (TPSA) is 65.5 Å². The number of pyridine rings is 1. The number of hydrogen-bond donors (Lipinski definition) is 2. The first-order valence-corrected chi connectivity index (χ1v) is 6.92. The molecule has 104 valence electrons. The Hall–Kier alpha value is -1.62. The van der Waals surface area contributed by atoms with Gasteiger partial charge in [-0.1, -0.05) is 0 Å². The van der Waals surface area contributed by atoms with Gasteiger partial charge < -0.3 is 15.3 Å². The highest BCUT2D eigenvalue weighted by molar-refractivity contribution is 5.98. The van der Waals surface area contributed by atoms with Crippen molar-refractivity contribution in [2.75, 3.05) is 31.1 Å². The number of piperidine rings is 1. The van der Waals surface area contributed by atoms with Crippen LogP contribution in [0.15, 0.2) is 18.3 Å². The van der Waals surface area contributed by atoms with E-state index in [9.17, 15) is 4.79 Å². The molecule has 0 atom stereocenters. The third-order valence-electron chi connectivity index (χ3n) is 3.31. The Balaban J connectivity index is 2.08. The second kappa shape index (κ2) is 7.09. The van der Waals surface area contributed by atoms with Crippen molar-refractivity contribution in [1.82, 2.24) is 10.3 Å². The van der Waals surface area contributed by atoms with Gasteiger partial charge in [0, 0.05) is 32.4 Å². The number of amides is 1. The number of carbonyl (C=O) groups excluding carboxylic acids is 1. The molecule has 0 unspecified atom stereocenters. The molecule has 0 spiro atoms. The third-order valence-corrected chi connectivity index (χ3v) is 3.31. The molecule has 1 aromatic heterocycles. The highest BCUT2D eigenvalue weighted by atomic mass is 16.3. The van der Waals surface area contributed by atoms with E-state index in [-0.39, 0.29) is 12.5 Å². The summed E-state index contributed by atoms with van der Waals surface area (Å²) in [7, 11) is 0. The zero-order chi connectivity index (χ0) is 13.5. The summed E-state index contributed by atoms with van der Waals surface area (Å²) in [5, 5.41) is 11.6. The smallest absolute Gasteiger partial charge is 0.255 e. The predicted molar refractivity (Wildman–Crippen MR) is 74.3 cm³/mol. The minimum absolute atomic E-state index is 0.0896. The van der Waals surface area contributed by atoms with Crippen molar-refractivity contribution in [2.45, 2.75) is 25.7 Å². The Bertz CT molecular complexity index is 417. The highest BCUT2D eigenvalue weighted by Gasteiger charge is 2.19. The van der Waals surface area contributed by atoms with Crippen molar-refractivity contribution in [3.8, 4) is 0 Å². The molecule has 2 heterocycles. The second-order valence-corrected chi connectivity index (χ2v) is 4.76. The van der Waals surface area contributed by atoms with Gasteiger partial charge in [0.1, 0.15) is 5.82 Å². The van der Waals surface area contributed by atoms with Crippen molar-refractivity contribution in [1.29, 1.82) is 0 Å². The normalized spacial score (nSPS) is 15.3. The molecule has 2 N–H and O–H groups in total. The van der Waals surface area contributed by atoms with E-state index in [1.165, 1.54) is 6.42 Å². The van der Waals surface area contributed by atoms with Gasteiger partial charge in [0.15, 0.2) is 0 Å². The Labute approximate surface area is 113 Å². The standard InChI is InChI=1S/C14H21N3O2/c18-11-5-8-16-14(19)12-6-4-7-15-13(12)17-9-2-1-3-10-17/h4,6-7,18H,1-3,5,8-11H2,(H,16,19). The quantitative estimate of drug-likeness (QED) is 0.783. The first-order chi connectivity index (χ1) is 9.33. The van der Waals surface area contributed by atoms with Crippen LogP contribution in [0.2, 0.25) is 0 Å². The molecule has 19 heavy (non-hydrogen) atoms. The molecule has 0 saturated carbocycles. The molecule has 1 amide bonds. The number of carbonyl (C=O) groups is 1. The maximum absolute atomic E-state index is 12.1. The first-order valence-electron chi connectivity index (χ1n) is 6.92. The lowest BCUT2D eigenvalue weighted by atomic mass is 10.1. The number of aliphatic hydroxyl groups excluding tert-OH is 1. The molecule has 2 rings (SSSR count). The van der Waals surface area contributed by atoms with Gasteiger partial charge >= 0.3 is 0 Å². The number of aliphatic hydroxyl groups is 1. The highest BCUT2D eigenvalue weighted by Crippen LogP contribution is 2.21. The fraction of sp³-hybridized carbons (Fsp3) is 0.571. The summed E-state index contributed by atoms with van der Waals surface area (Å²) < 4.78 is 0. The van der Waals surface area contributed by atoms with E-state index in [4.69, 9.17) is 5.11 Å². The maximum Gasteiger partial charge on any atom is 0.255 e. The minimum Gasteiger partial charge on any atom is -0.396 e. The number of aromatic nitrogens is 1. The van der Waals surface area contributed by atoms with Crippen LogP contribution in [0.25, 0.3) is 0 Å². The van der Waals surface area contributed by atoms with Crippen LogP contribution in [-0.2, 0) is 0 Å². The lowest BCUT2D eigenvalue weighted by Gasteiger charge is -2.29. The monoisotopic (exact) mass is 263 g/mol. The van der Waals surface area contributed by atoms with Crippen LogP contribution >= 0.6 is 0 Å². The summed E-state index contributed by atoms with van der Waals surface area (Å²) in [4.78, 5) is 18.7. The van der Waals surface area contributed by atoms with E-state index in [0.29, 0.717) is 18.5 Å². The van der Waals surface area contributed by atoms with Gasteiger partial charge in [0.25, 0.3) is 5.91 Å². The van der Waals surface area contributed by atoms with Crippen molar-refractivity contribution in [2.24, 2.45) is 0 Å². The van der Waals surface area contributed by atoms with Crippen molar-refractivity contribution < 1.29 is 9.90 Å². The molecule has 1 saturated heterocycles. The molecular weight excluding hydrogens is 242 g/mol. The van der Waals surface area contributed by atoms with Crippen LogP contribution in [-0.4, -0.2) is 42.2 Å². The summed E-state index contributed by atoms with van der Waals surface area (Å²) in [5.41, 5.74) is 0.627. The number of nitrogens with one attached hydrogen (secondary N) is 1. The fourth-order valence-corrected chi connectivity index (χ4v) is 2.31. The van der Waals surface area contributed by atoms with E-state index in [1.54, 1.807) is 12.3 Å². The van der Waals surface area contributed by atoms with Crippen LogP contribution in [0.3, 0.4) is 0 Å². The molecule has 0 aliphatic carbocycles. The van der Waals surface area contributed by atoms with E-state index in [0.717, 1.165) is 31.7 Å². The Kier molecular flexibility index (Phi) is 5.15. The lowest BCUT2D eigenvalue weighted by Crippen LogP contribution is -2.33. The van der Waals surface area contributed by atoms with E-state index < -0.39 is 0 Å². The zero-order valence-electron chi connectivity index (χ0n) is 11.1. The minimum atomic E-state index is -0.109. The molecule has 0 radical (unpaired) electrons. The first kappa shape index (κ1) is 13.8. The zero-order valence-corrected chi connectivity index (χ0v) is 11.1. The Morgan fingerprint density at radius 2 is 2.16 bits per heavy atom. The number of hydrogen-bond acceptors (Lipinski definition) is 4. The summed E-state index contributed by atoms with van der Waals surface area (Å²) >= 11 is 0.